The minimum atomic E-state index is -1.14. The van der Waals surface area contributed by atoms with Gasteiger partial charge in [-0.15, -0.1) is 0 Å². The topological polar surface area (TPSA) is 95.3 Å². The van der Waals surface area contributed by atoms with E-state index in [-0.39, 0.29) is 0 Å². The second-order valence-electron chi connectivity index (χ2n) is 8.57. The number of furan rings is 1. The van der Waals surface area contributed by atoms with E-state index in [1.807, 2.05) is 65.6 Å². The predicted molar refractivity (Wildman–Crippen MR) is 123 cm³/mol. The summed E-state index contributed by atoms with van der Waals surface area (Å²) in [4.78, 5) is 41.7. The van der Waals surface area contributed by atoms with Crippen molar-refractivity contribution in [3.05, 3.63) is 95.9 Å². The highest BCUT2D eigenvalue weighted by atomic mass is 16.6. The van der Waals surface area contributed by atoms with Gasteiger partial charge >= 0.3 is 17.9 Å². The van der Waals surface area contributed by atoms with Gasteiger partial charge in [-0.3, -0.25) is 19.3 Å². The molecule has 0 bridgehead atoms. The molecule has 1 aromatic heterocycles. The van der Waals surface area contributed by atoms with Crippen molar-refractivity contribution in [2.24, 2.45) is 11.8 Å². The van der Waals surface area contributed by atoms with Crippen LogP contribution in [-0.4, -0.2) is 43.1 Å². The van der Waals surface area contributed by atoms with Gasteiger partial charge in [0.2, 0.25) is 0 Å². The molecule has 35 heavy (non-hydrogen) atoms. The lowest BCUT2D eigenvalue weighted by molar-refractivity contribution is -0.180. The number of cyclic esters (lactones) is 1. The molecule has 3 aromatic rings. The minimum Gasteiger partial charge on any atom is -0.469 e. The first-order valence-corrected chi connectivity index (χ1v) is 11.3. The number of esters is 3. The van der Waals surface area contributed by atoms with Crippen LogP contribution in [0.3, 0.4) is 0 Å². The average Bonchev–Trinajstić information content (AvgIpc) is 3.55. The molecule has 180 valence electrons. The van der Waals surface area contributed by atoms with E-state index < -0.39 is 54.0 Å². The summed E-state index contributed by atoms with van der Waals surface area (Å²) in [6.07, 6.45) is 0.813. The molecule has 3 heterocycles. The van der Waals surface area contributed by atoms with Crippen LogP contribution in [0.1, 0.15) is 35.1 Å². The van der Waals surface area contributed by atoms with E-state index in [4.69, 9.17) is 18.6 Å². The van der Waals surface area contributed by atoms with E-state index in [9.17, 15) is 14.4 Å². The largest absolute Gasteiger partial charge is 0.469 e. The zero-order chi connectivity index (χ0) is 24.5. The molecular weight excluding hydrogens is 450 g/mol. The molecule has 5 rings (SSSR count). The standard InChI is InChI=1S/C27H25NO7/c1-32-25(29)19-20(26(30)33-2)23-27(31)35-24(17-12-7-4-8-13-17)21(16-10-5-3-6-11-16)28(23)22(19)18-14-9-15-34-18/h3-15,19-24H,1-2H3/t19-,20+,21-,22-,23-,24+/m0/s1. The van der Waals surface area contributed by atoms with Crippen LogP contribution < -0.4 is 0 Å². The van der Waals surface area contributed by atoms with Gasteiger partial charge in [-0.25, -0.2) is 0 Å². The van der Waals surface area contributed by atoms with Crippen molar-refractivity contribution in [1.29, 1.82) is 0 Å². The third-order valence-electron chi connectivity index (χ3n) is 6.85. The Kier molecular flexibility index (Phi) is 6.13. The number of nitrogens with zero attached hydrogens (tertiary/aromatic N) is 1. The third-order valence-corrected chi connectivity index (χ3v) is 6.85. The number of ether oxygens (including phenoxy) is 3. The van der Waals surface area contributed by atoms with Crippen LogP contribution >= 0.6 is 0 Å². The molecule has 0 spiro atoms. The molecule has 0 aliphatic carbocycles. The first-order valence-electron chi connectivity index (χ1n) is 11.3. The highest BCUT2D eigenvalue weighted by Crippen LogP contribution is 2.56. The molecule has 0 N–H and O–H groups in total. The van der Waals surface area contributed by atoms with Crippen molar-refractivity contribution in [1.82, 2.24) is 4.90 Å². The number of fused-ring (bicyclic) bond motifs is 1. The Balaban J connectivity index is 1.75. The summed E-state index contributed by atoms with van der Waals surface area (Å²) in [6, 6.07) is 20.1. The monoisotopic (exact) mass is 475 g/mol. The Hall–Kier alpha value is -3.91. The van der Waals surface area contributed by atoms with Crippen molar-refractivity contribution in [3.63, 3.8) is 0 Å². The molecule has 2 aliphatic rings. The first kappa shape index (κ1) is 22.9. The summed E-state index contributed by atoms with van der Waals surface area (Å²) in [5, 5.41) is 0. The number of rotatable bonds is 5. The smallest absolute Gasteiger partial charge is 0.325 e. The highest BCUT2D eigenvalue weighted by molar-refractivity contribution is 5.91. The maximum atomic E-state index is 13.6. The number of morpholine rings is 1. The minimum absolute atomic E-state index is 0.444. The summed E-state index contributed by atoms with van der Waals surface area (Å²) < 4.78 is 22.0. The SMILES string of the molecule is COC(=O)[C@@H]1[C@H](C(=O)OC)[C@H](c2ccco2)N2[C@@H]1C(=O)O[C@H](c1ccccc1)[C@@H]2c1ccccc1. The van der Waals surface area contributed by atoms with E-state index in [0.29, 0.717) is 5.76 Å². The number of hydrogen-bond donors (Lipinski definition) is 0. The summed E-state index contributed by atoms with van der Waals surface area (Å²) in [5.41, 5.74) is 1.66. The quantitative estimate of drug-likeness (QED) is 0.408. The number of methoxy groups -OCH3 is 2. The van der Waals surface area contributed by atoms with Crippen molar-refractivity contribution in [2.75, 3.05) is 14.2 Å². The van der Waals surface area contributed by atoms with Gasteiger partial charge in [-0.2, -0.15) is 0 Å². The Morgan fingerprint density at radius 1 is 0.743 bits per heavy atom. The first-order chi connectivity index (χ1) is 17.1. The van der Waals surface area contributed by atoms with Gasteiger partial charge in [0.25, 0.3) is 0 Å². The molecule has 0 amide bonds. The zero-order valence-corrected chi connectivity index (χ0v) is 19.3. The summed E-state index contributed by atoms with van der Waals surface area (Å²) in [7, 11) is 2.49. The lowest BCUT2D eigenvalue weighted by Crippen LogP contribution is -2.52. The Bertz CT molecular complexity index is 1190. The van der Waals surface area contributed by atoms with Crippen LogP contribution in [-0.2, 0) is 28.6 Å². The fourth-order valence-corrected chi connectivity index (χ4v) is 5.46. The van der Waals surface area contributed by atoms with Crippen molar-refractivity contribution in [3.8, 4) is 0 Å². The molecule has 6 atom stereocenters. The van der Waals surface area contributed by atoms with Crippen LogP contribution in [0.4, 0.5) is 0 Å². The number of carbonyl (C=O) groups is 3. The van der Waals surface area contributed by atoms with E-state index in [2.05, 4.69) is 0 Å². The predicted octanol–water partition coefficient (Wildman–Crippen LogP) is 3.62. The summed E-state index contributed by atoms with van der Waals surface area (Å²) in [5.74, 6) is -3.67. The van der Waals surface area contributed by atoms with Gasteiger partial charge in [0.15, 0.2) is 0 Å². The van der Waals surface area contributed by atoms with E-state index in [0.717, 1.165) is 11.1 Å². The lowest BCUT2D eigenvalue weighted by atomic mass is 9.86. The summed E-state index contributed by atoms with van der Waals surface area (Å²) in [6.45, 7) is 0. The van der Waals surface area contributed by atoms with E-state index in [1.54, 1.807) is 12.1 Å². The maximum Gasteiger partial charge on any atom is 0.325 e. The normalized spacial score (nSPS) is 28.1. The fourth-order valence-electron chi connectivity index (χ4n) is 5.46. The van der Waals surface area contributed by atoms with Crippen molar-refractivity contribution >= 4 is 17.9 Å². The zero-order valence-electron chi connectivity index (χ0n) is 19.3. The Morgan fingerprint density at radius 2 is 1.31 bits per heavy atom. The van der Waals surface area contributed by atoms with Crippen LogP contribution in [0.2, 0.25) is 0 Å². The van der Waals surface area contributed by atoms with Gasteiger partial charge in [0.1, 0.15) is 17.9 Å². The fraction of sp³-hybridized carbons (Fsp3) is 0.296. The van der Waals surface area contributed by atoms with Crippen LogP contribution in [0, 0.1) is 11.8 Å². The molecule has 2 saturated heterocycles. The van der Waals surface area contributed by atoms with Crippen molar-refractivity contribution in [2.45, 2.75) is 24.2 Å². The molecule has 2 fully saturated rings. The lowest BCUT2D eigenvalue weighted by Gasteiger charge is -2.44. The maximum absolute atomic E-state index is 13.6. The Morgan fingerprint density at radius 3 is 1.86 bits per heavy atom. The second kappa shape index (κ2) is 9.38. The second-order valence-corrected chi connectivity index (χ2v) is 8.57. The van der Waals surface area contributed by atoms with Gasteiger partial charge in [-0.05, 0) is 23.3 Å². The van der Waals surface area contributed by atoms with Crippen LogP contribution in [0.25, 0.3) is 0 Å². The molecule has 8 heteroatoms. The third kappa shape index (κ3) is 3.80. The van der Waals surface area contributed by atoms with Gasteiger partial charge in [0, 0.05) is 0 Å². The van der Waals surface area contributed by atoms with Gasteiger partial charge in [-0.1, -0.05) is 60.7 Å². The van der Waals surface area contributed by atoms with E-state index in [1.165, 1.54) is 20.5 Å². The van der Waals surface area contributed by atoms with Crippen LogP contribution in [0.5, 0.6) is 0 Å². The molecule has 2 aromatic carbocycles. The number of benzene rings is 2. The molecule has 2 aliphatic heterocycles. The molecule has 0 saturated carbocycles. The van der Waals surface area contributed by atoms with Crippen LogP contribution in [0.15, 0.2) is 83.5 Å². The molecule has 8 nitrogen and oxygen atoms in total. The Labute approximate surface area is 202 Å². The van der Waals surface area contributed by atoms with Gasteiger partial charge < -0.3 is 18.6 Å². The molecular formula is C27H25NO7. The number of hydrogen-bond acceptors (Lipinski definition) is 8. The molecule has 0 unspecified atom stereocenters. The summed E-state index contributed by atoms with van der Waals surface area (Å²) >= 11 is 0. The molecule has 0 radical (unpaired) electrons. The number of carbonyl (C=O) groups excluding carboxylic acids is 3. The average molecular weight is 475 g/mol. The van der Waals surface area contributed by atoms with Crippen molar-refractivity contribution < 1.29 is 33.0 Å². The van der Waals surface area contributed by atoms with E-state index >= 15 is 0 Å². The highest BCUT2D eigenvalue weighted by Gasteiger charge is 2.65. The van der Waals surface area contributed by atoms with Gasteiger partial charge in [0.05, 0.1) is 44.4 Å².